The first-order chi connectivity index (χ1) is 12.4. The molecule has 1 aliphatic heterocycles. The number of likely N-dealkylation sites (N-methyl/N-ethyl adjacent to an activating group) is 1. The number of hydrogen-bond donors (Lipinski definition) is 1. The monoisotopic (exact) mass is 488 g/mol. The van der Waals surface area contributed by atoms with Crippen LogP contribution in [0.3, 0.4) is 0 Å². The van der Waals surface area contributed by atoms with Crippen molar-refractivity contribution in [3.63, 3.8) is 0 Å². The van der Waals surface area contributed by atoms with Crippen LogP contribution in [-0.4, -0.2) is 68.0 Å². The number of aliphatic imine (C=N–C) groups is 1. The molecule has 1 fully saturated rings. The molecule has 0 aliphatic carbocycles. The molecule has 2 atom stereocenters. The normalized spacial score (nSPS) is 18.5. The number of morpholine rings is 1. The Morgan fingerprint density at radius 2 is 2.11 bits per heavy atom. The Morgan fingerprint density at radius 1 is 1.41 bits per heavy atom. The standard InChI is InChI=1S/C20H32N4O2.HI/c1-6-16(3)22-20(21-13-19(25)23(4)5)24-11-12-26-18(14-24)17-10-8-7-9-15(17)2;/h7-10,16,18H,6,11-14H2,1-5H3,(H,21,22);1H. The number of carbonyl (C=O) groups is 1. The number of benzene rings is 1. The summed E-state index contributed by atoms with van der Waals surface area (Å²) >= 11 is 0. The van der Waals surface area contributed by atoms with E-state index in [2.05, 4.69) is 48.1 Å². The molecule has 6 nitrogen and oxygen atoms in total. The Kier molecular flexibility index (Phi) is 10.1. The number of halogens is 1. The van der Waals surface area contributed by atoms with E-state index in [-0.39, 0.29) is 42.5 Å². The number of aryl methyl sites for hydroxylation is 1. The molecule has 1 aliphatic rings. The summed E-state index contributed by atoms with van der Waals surface area (Å²) in [6.45, 7) is 8.65. The number of hydrogen-bond acceptors (Lipinski definition) is 3. The second-order valence-electron chi connectivity index (χ2n) is 7.04. The number of nitrogens with zero attached hydrogens (tertiary/aromatic N) is 3. The van der Waals surface area contributed by atoms with Crippen LogP contribution in [0, 0.1) is 6.92 Å². The van der Waals surface area contributed by atoms with Crippen LogP contribution < -0.4 is 5.32 Å². The van der Waals surface area contributed by atoms with Crippen LogP contribution in [0.15, 0.2) is 29.3 Å². The minimum atomic E-state index is -0.00263. The smallest absolute Gasteiger partial charge is 0.243 e. The number of guanidine groups is 1. The van der Waals surface area contributed by atoms with Gasteiger partial charge in [-0.25, -0.2) is 4.99 Å². The van der Waals surface area contributed by atoms with Crippen LogP contribution in [0.1, 0.15) is 37.5 Å². The number of nitrogens with one attached hydrogen (secondary N) is 1. The molecule has 0 spiro atoms. The number of ether oxygens (including phenoxy) is 1. The Morgan fingerprint density at radius 3 is 2.74 bits per heavy atom. The maximum atomic E-state index is 12.0. The van der Waals surface area contributed by atoms with Crippen molar-refractivity contribution in [2.45, 2.75) is 39.3 Å². The third-order valence-corrected chi connectivity index (χ3v) is 4.75. The first-order valence-corrected chi connectivity index (χ1v) is 9.35. The number of amides is 1. The van der Waals surface area contributed by atoms with Gasteiger partial charge in [0, 0.05) is 26.7 Å². The van der Waals surface area contributed by atoms with E-state index in [4.69, 9.17) is 4.74 Å². The molecule has 152 valence electrons. The Bertz CT molecular complexity index is 636. The first kappa shape index (κ1) is 23.7. The molecular formula is C20H33IN4O2. The lowest BCUT2D eigenvalue weighted by Gasteiger charge is -2.36. The highest BCUT2D eigenvalue weighted by atomic mass is 127. The van der Waals surface area contributed by atoms with E-state index in [1.54, 1.807) is 19.0 Å². The summed E-state index contributed by atoms with van der Waals surface area (Å²) < 4.78 is 6.02. The zero-order valence-electron chi connectivity index (χ0n) is 17.1. The highest BCUT2D eigenvalue weighted by Gasteiger charge is 2.26. The molecule has 7 heteroatoms. The van der Waals surface area contributed by atoms with E-state index in [0.717, 1.165) is 25.5 Å². The van der Waals surface area contributed by atoms with Gasteiger partial charge in [0.1, 0.15) is 12.6 Å². The van der Waals surface area contributed by atoms with Crippen LogP contribution >= 0.6 is 24.0 Å². The average molecular weight is 488 g/mol. The van der Waals surface area contributed by atoms with Crippen molar-refractivity contribution in [1.82, 2.24) is 15.1 Å². The molecule has 2 unspecified atom stereocenters. The summed E-state index contributed by atoms with van der Waals surface area (Å²) in [5.74, 6) is 0.786. The fraction of sp³-hybridized carbons (Fsp3) is 0.600. The van der Waals surface area contributed by atoms with Crippen LogP contribution in [0.4, 0.5) is 0 Å². The van der Waals surface area contributed by atoms with Gasteiger partial charge in [-0.05, 0) is 31.4 Å². The topological polar surface area (TPSA) is 57.2 Å². The lowest BCUT2D eigenvalue weighted by molar-refractivity contribution is -0.127. The zero-order valence-corrected chi connectivity index (χ0v) is 19.4. The van der Waals surface area contributed by atoms with Crippen LogP contribution in [0.25, 0.3) is 0 Å². The van der Waals surface area contributed by atoms with E-state index >= 15 is 0 Å². The quantitative estimate of drug-likeness (QED) is 0.394. The van der Waals surface area contributed by atoms with Gasteiger partial charge in [-0.2, -0.15) is 0 Å². The van der Waals surface area contributed by atoms with Crippen molar-refractivity contribution < 1.29 is 9.53 Å². The molecule has 1 saturated heterocycles. The van der Waals surface area contributed by atoms with Gasteiger partial charge in [0.2, 0.25) is 5.91 Å². The van der Waals surface area contributed by atoms with E-state index < -0.39 is 0 Å². The molecule has 1 aromatic rings. The van der Waals surface area contributed by atoms with Gasteiger partial charge < -0.3 is 19.9 Å². The molecule has 1 heterocycles. The number of rotatable bonds is 5. The maximum Gasteiger partial charge on any atom is 0.243 e. The van der Waals surface area contributed by atoms with Gasteiger partial charge in [-0.15, -0.1) is 24.0 Å². The van der Waals surface area contributed by atoms with Gasteiger partial charge in [0.05, 0.1) is 13.2 Å². The summed E-state index contributed by atoms with van der Waals surface area (Å²) in [7, 11) is 3.51. The SMILES string of the molecule is CCC(C)NC(=NCC(=O)N(C)C)N1CCOC(c2ccccc2C)C1.I. The van der Waals surface area contributed by atoms with Crippen molar-refractivity contribution in [1.29, 1.82) is 0 Å². The van der Waals surface area contributed by atoms with Gasteiger partial charge in [0.25, 0.3) is 0 Å². The molecule has 0 bridgehead atoms. The van der Waals surface area contributed by atoms with Crippen molar-refractivity contribution in [2.24, 2.45) is 4.99 Å². The summed E-state index contributed by atoms with van der Waals surface area (Å²) in [5.41, 5.74) is 2.44. The van der Waals surface area contributed by atoms with E-state index in [1.165, 1.54) is 11.1 Å². The minimum absolute atomic E-state index is 0. The summed E-state index contributed by atoms with van der Waals surface area (Å²) in [6.07, 6.45) is 1.00. The van der Waals surface area contributed by atoms with Crippen molar-refractivity contribution in [2.75, 3.05) is 40.3 Å². The second-order valence-corrected chi connectivity index (χ2v) is 7.04. The molecule has 0 aromatic heterocycles. The van der Waals surface area contributed by atoms with Crippen LogP contribution in [-0.2, 0) is 9.53 Å². The Hall–Kier alpha value is -1.35. The molecule has 27 heavy (non-hydrogen) atoms. The summed E-state index contributed by atoms with van der Waals surface area (Å²) in [4.78, 5) is 20.3. The third kappa shape index (κ3) is 6.95. The third-order valence-electron chi connectivity index (χ3n) is 4.75. The average Bonchev–Trinajstić information content (AvgIpc) is 2.64. The van der Waals surface area contributed by atoms with Gasteiger partial charge >= 0.3 is 0 Å². The summed E-state index contributed by atoms with van der Waals surface area (Å²) in [6, 6.07) is 8.62. The maximum absolute atomic E-state index is 12.0. The molecule has 1 N–H and O–H groups in total. The molecule has 1 amide bonds. The van der Waals surface area contributed by atoms with Crippen molar-refractivity contribution in [3.05, 3.63) is 35.4 Å². The lowest BCUT2D eigenvalue weighted by Crippen LogP contribution is -2.50. The van der Waals surface area contributed by atoms with E-state index in [9.17, 15) is 4.79 Å². The highest BCUT2D eigenvalue weighted by Crippen LogP contribution is 2.25. The predicted molar refractivity (Wildman–Crippen MR) is 121 cm³/mol. The molecule has 1 aromatic carbocycles. The van der Waals surface area contributed by atoms with Crippen LogP contribution in [0.5, 0.6) is 0 Å². The predicted octanol–water partition coefficient (Wildman–Crippen LogP) is 2.82. The van der Waals surface area contributed by atoms with Crippen molar-refractivity contribution >= 4 is 35.8 Å². The first-order valence-electron chi connectivity index (χ1n) is 9.35. The molecule has 2 rings (SSSR count). The van der Waals surface area contributed by atoms with E-state index in [1.807, 2.05) is 12.1 Å². The van der Waals surface area contributed by atoms with E-state index in [0.29, 0.717) is 12.6 Å². The zero-order chi connectivity index (χ0) is 19.1. The van der Waals surface area contributed by atoms with Crippen LogP contribution in [0.2, 0.25) is 0 Å². The van der Waals surface area contributed by atoms with Gasteiger partial charge in [-0.1, -0.05) is 31.2 Å². The number of carbonyl (C=O) groups excluding carboxylic acids is 1. The van der Waals surface area contributed by atoms with Crippen molar-refractivity contribution in [3.8, 4) is 0 Å². The highest BCUT2D eigenvalue weighted by molar-refractivity contribution is 14.0. The largest absolute Gasteiger partial charge is 0.370 e. The molecule has 0 radical (unpaired) electrons. The lowest BCUT2D eigenvalue weighted by atomic mass is 10.0. The second kappa shape index (κ2) is 11.5. The fourth-order valence-corrected chi connectivity index (χ4v) is 2.82. The summed E-state index contributed by atoms with van der Waals surface area (Å²) in [5, 5.41) is 3.47. The van der Waals surface area contributed by atoms with Gasteiger partial charge in [0.15, 0.2) is 5.96 Å². The Labute approximate surface area is 180 Å². The molecular weight excluding hydrogens is 455 g/mol. The van der Waals surface area contributed by atoms with Gasteiger partial charge in [-0.3, -0.25) is 4.79 Å². The fourth-order valence-electron chi connectivity index (χ4n) is 2.82. The minimum Gasteiger partial charge on any atom is -0.370 e. The Balaban J connectivity index is 0.00000364. The molecule has 0 saturated carbocycles.